The van der Waals surface area contributed by atoms with Gasteiger partial charge in [-0.2, -0.15) is 0 Å². The van der Waals surface area contributed by atoms with E-state index in [9.17, 15) is 13.6 Å². The molecule has 0 saturated carbocycles. The lowest BCUT2D eigenvalue weighted by Crippen LogP contribution is -2.14. The van der Waals surface area contributed by atoms with E-state index < -0.39 is 23.2 Å². The number of pyridine rings is 1. The molecule has 3 aromatic rings. The van der Waals surface area contributed by atoms with Crippen LogP contribution in [0.1, 0.15) is 12.1 Å². The van der Waals surface area contributed by atoms with Crippen LogP contribution in [0.3, 0.4) is 0 Å². The fraction of sp³-hybridized carbons (Fsp3) is 0.118. The number of thiazole rings is 1. The number of aromatic nitrogens is 2. The number of para-hydroxylation sites is 1. The Morgan fingerprint density at radius 1 is 1.12 bits per heavy atom. The SMILES string of the molecule is O=C(CCc1csc(-c2ccccn2)n1)Nc1c(F)cccc1F. The molecule has 0 atom stereocenters. The summed E-state index contributed by atoms with van der Waals surface area (Å²) in [6.45, 7) is 0. The van der Waals surface area contributed by atoms with E-state index in [1.54, 1.807) is 6.20 Å². The van der Waals surface area contributed by atoms with Crippen LogP contribution in [0.2, 0.25) is 0 Å². The molecule has 122 valence electrons. The molecule has 0 aliphatic heterocycles. The number of carbonyl (C=O) groups excluding carboxylic acids is 1. The molecule has 1 N–H and O–H groups in total. The highest BCUT2D eigenvalue weighted by Gasteiger charge is 2.13. The van der Waals surface area contributed by atoms with Crippen LogP contribution in [0.25, 0.3) is 10.7 Å². The predicted molar refractivity (Wildman–Crippen MR) is 88.7 cm³/mol. The molecule has 0 spiro atoms. The average Bonchev–Trinajstić information content (AvgIpc) is 3.06. The van der Waals surface area contributed by atoms with Crippen LogP contribution in [0.15, 0.2) is 48.0 Å². The molecule has 7 heteroatoms. The third kappa shape index (κ3) is 3.80. The number of halogens is 2. The number of amides is 1. The largest absolute Gasteiger partial charge is 0.321 e. The Labute approximate surface area is 141 Å². The van der Waals surface area contributed by atoms with Crippen LogP contribution >= 0.6 is 11.3 Å². The average molecular weight is 345 g/mol. The van der Waals surface area contributed by atoms with Gasteiger partial charge in [-0.05, 0) is 30.7 Å². The molecule has 2 aromatic heterocycles. The fourth-order valence-electron chi connectivity index (χ4n) is 2.09. The Hall–Kier alpha value is -2.67. The first kappa shape index (κ1) is 16.2. The molecular formula is C17H13F2N3OS. The van der Waals surface area contributed by atoms with Gasteiger partial charge in [0.2, 0.25) is 5.91 Å². The number of carbonyl (C=O) groups is 1. The van der Waals surface area contributed by atoms with Crippen LogP contribution < -0.4 is 5.32 Å². The van der Waals surface area contributed by atoms with Crippen molar-refractivity contribution in [3.05, 3.63) is 65.3 Å². The van der Waals surface area contributed by atoms with E-state index in [1.807, 2.05) is 23.6 Å². The molecule has 1 amide bonds. The van der Waals surface area contributed by atoms with Crippen molar-refractivity contribution in [2.45, 2.75) is 12.8 Å². The number of rotatable bonds is 5. The van der Waals surface area contributed by atoms with Crippen LogP contribution in [-0.2, 0) is 11.2 Å². The normalized spacial score (nSPS) is 10.6. The highest BCUT2D eigenvalue weighted by Crippen LogP contribution is 2.22. The smallest absolute Gasteiger partial charge is 0.224 e. The summed E-state index contributed by atoms with van der Waals surface area (Å²) in [4.78, 5) is 20.5. The van der Waals surface area contributed by atoms with Gasteiger partial charge in [-0.25, -0.2) is 13.8 Å². The van der Waals surface area contributed by atoms with Crippen molar-refractivity contribution in [1.82, 2.24) is 9.97 Å². The summed E-state index contributed by atoms with van der Waals surface area (Å²) >= 11 is 1.44. The van der Waals surface area contributed by atoms with Crippen LogP contribution in [0.5, 0.6) is 0 Å². The predicted octanol–water partition coefficient (Wildman–Crippen LogP) is 4.05. The van der Waals surface area contributed by atoms with Gasteiger partial charge in [0.25, 0.3) is 0 Å². The Bertz CT molecular complexity index is 832. The molecule has 2 heterocycles. The first-order valence-corrected chi connectivity index (χ1v) is 8.11. The lowest BCUT2D eigenvalue weighted by molar-refractivity contribution is -0.116. The van der Waals surface area contributed by atoms with Gasteiger partial charge >= 0.3 is 0 Å². The summed E-state index contributed by atoms with van der Waals surface area (Å²) in [6.07, 6.45) is 2.15. The van der Waals surface area contributed by atoms with Crippen LogP contribution in [-0.4, -0.2) is 15.9 Å². The summed E-state index contributed by atoms with van der Waals surface area (Å²) in [5, 5.41) is 4.88. The molecule has 0 aliphatic rings. The second-order valence-electron chi connectivity index (χ2n) is 5.00. The van der Waals surface area contributed by atoms with Gasteiger partial charge in [-0.3, -0.25) is 9.78 Å². The zero-order chi connectivity index (χ0) is 16.9. The van der Waals surface area contributed by atoms with E-state index in [4.69, 9.17) is 0 Å². The topological polar surface area (TPSA) is 54.9 Å². The molecule has 0 saturated heterocycles. The van der Waals surface area contributed by atoms with E-state index in [0.29, 0.717) is 6.42 Å². The molecule has 0 fully saturated rings. The minimum Gasteiger partial charge on any atom is -0.321 e. The Morgan fingerprint density at radius 3 is 2.62 bits per heavy atom. The first-order valence-electron chi connectivity index (χ1n) is 7.23. The standard InChI is InChI=1S/C17H13F2N3OS/c18-12-4-3-5-13(19)16(12)22-15(23)8-7-11-10-24-17(21-11)14-6-1-2-9-20-14/h1-6,9-10H,7-8H2,(H,22,23). The first-order chi connectivity index (χ1) is 11.6. The summed E-state index contributed by atoms with van der Waals surface area (Å²) in [7, 11) is 0. The number of hydrogen-bond acceptors (Lipinski definition) is 4. The van der Waals surface area contributed by atoms with Crippen molar-refractivity contribution in [2.24, 2.45) is 0 Å². The van der Waals surface area contributed by atoms with E-state index in [2.05, 4.69) is 15.3 Å². The summed E-state index contributed by atoms with van der Waals surface area (Å²) in [5.74, 6) is -2.06. The Kier molecular flexibility index (Phi) is 4.90. The van der Waals surface area contributed by atoms with Crippen LogP contribution in [0, 0.1) is 11.6 Å². The van der Waals surface area contributed by atoms with Gasteiger partial charge in [-0.1, -0.05) is 12.1 Å². The zero-order valence-corrected chi connectivity index (χ0v) is 13.3. The van der Waals surface area contributed by atoms with Gasteiger partial charge in [0, 0.05) is 18.0 Å². The third-order valence-corrected chi connectivity index (χ3v) is 4.18. The van der Waals surface area contributed by atoms with E-state index in [-0.39, 0.29) is 6.42 Å². The van der Waals surface area contributed by atoms with Crippen molar-refractivity contribution in [2.75, 3.05) is 5.32 Å². The maximum absolute atomic E-state index is 13.5. The lowest BCUT2D eigenvalue weighted by Gasteiger charge is -2.06. The zero-order valence-electron chi connectivity index (χ0n) is 12.5. The molecule has 24 heavy (non-hydrogen) atoms. The number of nitrogens with zero attached hydrogens (tertiary/aromatic N) is 2. The van der Waals surface area contributed by atoms with Gasteiger partial charge in [0.1, 0.15) is 22.3 Å². The number of benzene rings is 1. The maximum Gasteiger partial charge on any atom is 0.224 e. The van der Waals surface area contributed by atoms with Crippen LogP contribution in [0.4, 0.5) is 14.5 Å². The molecule has 1 aromatic carbocycles. The molecule has 0 radical (unpaired) electrons. The molecule has 0 unspecified atom stereocenters. The second-order valence-corrected chi connectivity index (χ2v) is 5.86. The number of nitrogens with one attached hydrogen (secondary N) is 1. The molecule has 0 aliphatic carbocycles. The van der Waals surface area contributed by atoms with Crippen molar-refractivity contribution < 1.29 is 13.6 Å². The summed E-state index contributed by atoms with van der Waals surface area (Å²) in [6, 6.07) is 8.99. The van der Waals surface area contributed by atoms with E-state index in [1.165, 1.54) is 17.4 Å². The van der Waals surface area contributed by atoms with Gasteiger partial charge in [0.05, 0.1) is 11.4 Å². The number of hydrogen-bond donors (Lipinski definition) is 1. The fourth-order valence-corrected chi connectivity index (χ4v) is 2.92. The molecule has 4 nitrogen and oxygen atoms in total. The van der Waals surface area contributed by atoms with Crippen molar-refractivity contribution >= 4 is 22.9 Å². The van der Waals surface area contributed by atoms with Gasteiger partial charge in [-0.15, -0.1) is 11.3 Å². The Morgan fingerprint density at radius 2 is 1.92 bits per heavy atom. The summed E-state index contributed by atoms with van der Waals surface area (Å²) in [5.41, 5.74) is 1.09. The van der Waals surface area contributed by atoms with Crippen molar-refractivity contribution in [3.8, 4) is 10.7 Å². The molecular weight excluding hydrogens is 332 g/mol. The highest BCUT2D eigenvalue weighted by molar-refractivity contribution is 7.13. The molecule has 3 rings (SSSR count). The quantitative estimate of drug-likeness (QED) is 0.759. The third-order valence-electron chi connectivity index (χ3n) is 3.27. The Balaban J connectivity index is 1.60. The van der Waals surface area contributed by atoms with Crippen molar-refractivity contribution in [1.29, 1.82) is 0 Å². The summed E-state index contributed by atoms with van der Waals surface area (Å²) < 4.78 is 27.0. The second kappa shape index (κ2) is 7.27. The monoisotopic (exact) mass is 345 g/mol. The number of aryl methyl sites for hydroxylation is 1. The lowest BCUT2D eigenvalue weighted by atomic mass is 10.2. The number of anilines is 1. The minimum atomic E-state index is -0.797. The van der Waals surface area contributed by atoms with E-state index >= 15 is 0 Å². The molecule has 0 bridgehead atoms. The van der Waals surface area contributed by atoms with E-state index in [0.717, 1.165) is 28.5 Å². The maximum atomic E-state index is 13.5. The van der Waals surface area contributed by atoms with Crippen molar-refractivity contribution in [3.63, 3.8) is 0 Å². The van der Waals surface area contributed by atoms with Gasteiger partial charge < -0.3 is 5.32 Å². The minimum absolute atomic E-state index is 0.0825. The van der Waals surface area contributed by atoms with Gasteiger partial charge in [0.15, 0.2) is 0 Å². The highest BCUT2D eigenvalue weighted by atomic mass is 32.1.